The van der Waals surface area contributed by atoms with Gasteiger partial charge in [-0.2, -0.15) is 5.10 Å². The first-order chi connectivity index (χ1) is 9.24. The highest BCUT2D eigenvalue weighted by Gasteiger charge is 2.55. The third-order valence-corrected chi connectivity index (χ3v) is 5.32. The lowest BCUT2D eigenvalue weighted by atomic mass is 10.0. The second-order valence-electron chi connectivity index (χ2n) is 5.73. The highest BCUT2D eigenvalue weighted by Crippen LogP contribution is 2.60. The number of ether oxygens (including phenoxy) is 1. The van der Waals surface area contributed by atoms with Gasteiger partial charge in [0, 0.05) is 7.11 Å². The highest BCUT2D eigenvalue weighted by molar-refractivity contribution is 9.10. The maximum absolute atomic E-state index is 10.7. The maximum Gasteiger partial charge on any atom is 0.100 e. The number of methoxy groups -OCH3 is 1. The highest BCUT2D eigenvalue weighted by atomic mass is 79.9. The van der Waals surface area contributed by atoms with Crippen molar-refractivity contribution in [2.75, 3.05) is 13.7 Å². The molecule has 5 heteroatoms. The molecule has 0 radical (unpaired) electrons. The zero-order valence-corrected chi connectivity index (χ0v) is 12.8. The first-order valence-electron chi connectivity index (χ1n) is 7.12. The fourth-order valence-electron chi connectivity index (χ4n) is 3.72. The van der Waals surface area contributed by atoms with Crippen molar-refractivity contribution < 1.29 is 9.84 Å². The molecule has 3 unspecified atom stereocenters. The molecule has 1 aromatic rings. The minimum absolute atomic E-state index is 0.387. The van der Waals surface area contributed by atoms with Crippen LogP contribution in [0.15, 0.2) is 10.7 Å². The van der Waals surface area contributed by atoms with E-state index in [9.17, 15) is 5.11 Å². The van der Waals surface area contributed by atoms with Crippen LogP contribution in [0, 0.1) is 17.8 Å². The standard InChI is InChI=1S/C14H21BrN2O2/c1-19-7-6-17-13(11(15)8-16-17)14(18)12-9-4-2-3-5-10(9)12/h8-10,12,14,18H,2-7H2,1H3. The van der Waals surface area contributed by atoms with Crippen LogP contribution in [0.1, 0.15) is 37.5 Å². The van der Waals surface area contributed by atoms with Crippen LogP contribution < -0.4 is 0 Å². The summed E-state index contributed by atoms with van der Waals surface area (Å²) in [6.45, 7) is 1.31. The molecule has 0 aliphatic heterocycles. The van der Waals surface area contributed by atoms with Crippen molar-refractivity contribution in [1.82, 2.24) is 9.78 Å². The molecule has 0 aromatic carbocycles. The van der Waals surface area contributed by atoms with Crippen molar-refractivity contribution in [3.63, 3.8) is 0 Å². The Morgan fingerprint density at radius 2 is 2.16 bits per heavy atom. The molecule has 2 saturated carbocycles. The molecular formula is C14H21BrN2O2. The molecule has 2 aliphatic carbocycles. The summed E-state index contributed by atoms with van der Waals surface area (Å²) < 4.78 is 7.90. The number of aromatic nitrogens is 2. The Kier molecular flexibility index (Phi) is 3.96. The van der Waals surface area contributed by atoms with E-state index in [1.807, 2.05) is 4.68 Å². The molecule has 3 atom stereocenters. The molecule has 4 nitrogen and oxygen atoms in total. The molecule has 0 bridgehead atoms. The van der Waals surface area contributed by atoms with Crippen LogP contribution in [-0.4, -0.2) is 28.6 Å². The molecule has 0 saturated heterocycles. The molecule has 1 aromatic heterocycles. The van der Waals surface area contributed by atoms with Crippen molar-refractivity contribution in [2.24, 2.45) is 17.8 Å². The smallest absolute Gasteiger partial charge is 0.100 e. The van der Waals surface area contributed by atoms with E-state index in [1.54, 1.807) is 13.3 Å². The van der Waals surface area contributed by atoms with Gasteiger partial charge in [-0.1, -0.05) is 12.8 Å². The average molecular weight is 329 g/mol. The van der Waals surface area contributed by atoms with Crippen molar-refractivity contribution in [1.29, 1.82) is 0 Å². The molecule has 0 amide bonds. The van der Waals surface area contributed by atoms with Crippen molar-refractivity contribution in [2.45, 2.75) is 38.3 Å². The van der Waals surface area contributed by atoms with E-state index in [4.69, 9.17) is 4.74 Å². The normalized spacial score (nSPS) is 31.0. The number of halogens is 1. The number of aliphatic hydroxyl groups is 1. The van der Waals surface area contributed by atoms with Crippen LogP contribution in [-0.2, 0) is 11.3 Å². The van der Waals surface area contributed by atoms with Gasteiger partial charge in [0.2, 0.25) is 0 Å². The lowest BCUT2D eigenvalue weighted by Gasteiger charge is -2.14. The van der Waals surface area contributed by atoms with Crippen LogP contribution in [0.25, 0.3) is 0 Å². The topological polar surface area (TPSA) is 47.3 Å². The third kappa shape index (κ3) is 2.48. The summed E-state index contributed by atoms with van der Waals surface area (Å²) in [4.78, 5) is 0. The maximum atomic E-state index is 10.7. The van der Waals surface area contributed by atoms with Crippen LogP contribution in [0.3, 0.4) is 0 Å². The quantitative estimate of drug-likeness (QED) is 0.904. The number of hydrogen-bond donors (Lipinski definition) is 1. The molecule has 1 heterocycles. The average Bonchev–Trinajstić information content (AvgIpc) is 3.04. The van der Waals surface area contributed by atoms with Crippen molar-refractivity contribution in [3.05, 3.63) is 16.4 Å². The van der Waals surface area contributed by atoms with E-state index in [2.05, 4.69) is 21.0 Å². The number of rotatable bonds is 5. The zero-order valence-electron chi connectivity index (χ0n) is 11.3. The SMILES string of the molecule is COCCn1ncc(Br)c1C(O)C1C2CCCCC21. The summed E-state index contributed by atoms with van der Waals surface area (Å²) in [5.74, 6) is 1.92. The van der Waals surface area contributed by atoms with Crippen molar-refractivity contribution >= 4 is 15.9 Å². The molecule has 106 valence electrons. The van der Waals surface area contributed by atoms with E-state index in [-0.39, 0.29) is 6.10 Å². The lowest BCUT2D eigenvalue weighted by Crippen LogP contribution is -2.14. The monoisotopic (exact) mass is 328 g/mol. The van der Waals surface area contributed by atoms with E-state index in [1.165, 1.54) is 25.7 Å². The summed E-state index contributed by atoms with van der Waals surface area (Å²) in [6.07, 6.45) is 6.62. The van der Waals surface area contributed by atoms with E-state index >= 15 is 0 Å². The molecule has 1 N–H and O–H groups in total. The number of nitrogens with zero attached hydrogens (tertiary/aromatic N) is 2. The lowest BCUT2D eigenvalue weighted by molar-refractivity contribution is 0.125. The van der Waals surface area contributed by atoms with E-state index in [0.29, 0.717) is 19.1 Å². The Hall–Kier alpha value is -0.390. The Morgan fingerprint density at radius 1 is 1.47 bits per heavy atom. The van der Waals surface area contributed by atoms with Gasteiger partial charge < -0.3 is 9.84 Å². The second-order valence-corrected chi connectivity index (χ2v) is 6.58. The van der Waals surface area contributed by atoms with Gasteiger partial charge in [-0.05, 0) is 46.5 Å². The van der Waals surface area contributed by atoms with Crippen molar-refractivity contribution in [3.8, 4) is 0 Å². The number of aliphatic hydroxyl groups excluding tert-OH is 1. The van der Waals surface area contributed by atoms with E-state index < -0.39 is 0 Å². The zero-order chi connectivity index (χ0) is 13.4. The summed E-state index contributed by atoms with van der Waals surface area (Å²) in [5, 5.41) is 15.0. The molecule has 0 spiro atoms. The van der Waals surface area contributed by atoms with Gasteiger partial charge in [0.05, 0.1) is 29.5 Å². The Labute approximate surface area is 122 Å². The van der Waals surface area contributed by atoms with Gasteiger partial charge in [-0.15, -0.1) is 0 Å². The van der Waals surface area contributed by atoms with Gasteiger partial charge in [-0.25, -0.2) is 0 Å². The molecule has 2 fully saturated rings. The summed E-state index contributed by atoms with van der Waals surface area (Å²) in [7, 11) is 1.68. The second kappa shape index (κ2) is 5.54. The number of fused-ring (bicyclic) bond motifs is 1. The summed E-state index contributed by atoms with van der Waals surface area (Å²) in [6, 6.07) is 0. The fourth-order valence-corrected chi connectivity index (χ4v) is 4.25. The molecule has 19 heavy (non-hydrogen) atoms. The van der Waals surface area contributed by atoms with Crippen LogP contribution in [0.4, 0.5) is 0 Å². The van der Waals surface area contributed by atoms with E-state index in [0.717, 1.165) is 22.0 Å². The van der Waals surface area contributed by atoms with Crippen LogP contribution in [0.5, 0.6) is 0 Å². The van der Waals surface area contributed by atoms with Crippen LogP contribution in [0.2, 0.25) is 0 Å². The summed E-state index contributed by atoms with van der Waals surface area (Å²) in [5.41, 5.74) is 0.927. The van der Waals surface area contributed by atoms with Gasteiger partial charge in [-0.3, -0.25) is 4.68 Å². The predicted octanol–water partition coefficient (Wildman–Crippen LogP) is 2.76. The van der Waals surface area contributed by atoms with Gasteiger partial charge in [0.1, 0.15) is 6.10 Å². The van der Waals surface area contributed by atoms with Crippen LogP contribution >= 0.6 is 15.9 Å². The summed E-state index contributed by atoms with van der Waals surface area (Å²) >= 11 is 3.52. The van der Waals surface area contributed by atoms with Gasteiger partial charge in [0.25, 0.3) is 0 Å². The minimum Gasteiger partial charge on any atom is -0.386 e. The minimum atomic E-state index is -0.387. The predicted molar refractivity (Wildman–Crippen MR) is 75.7 cm³/mol. The largest absolute Gasteiger partial charge is 0.386 e. The van der Waals surface area contributed by atoms with Gasteiger partial charge in [0.15, 0.2) is 0 Å². The third-order valence-electron chi connectivity index (χ3n) is 4.71. The Bertz CT molecular complexity index is 437. The first kappa shape index (κ1) is 13.6. The molecular weight excluding hydrogens is 308 g/mol. The Morgan fingerprint density at radius 3 is 2.79 bits per heavy atom. The number of hydrogen-bond acceptors (Lipinski definition) is 3. The van der Waals surface area contributed by atoms with Gasteiger partial charge >= 0.3 is 0 Å². The Balaban J connectivity index is 1.76. The fraction of sp³-hybridized carbons (Fsp3) is 0.786. The molecule has 2 aliphatic rings. The molecule has 3 rings (SSSR count). The first-order valence-corrected chi connectivity index (χ1v) is 7.91.